The Balaban J connectivity index is 0.00000264. The molecule has 7 heteroatoms. The summed E-state index contributed by atoms with van der Waals surface area (Å²) in [6, 6.07) is 2.00. The van der Waals surface area contributed by atoms with Crippen molar-refractivity contribution in [3.8, 4) is 0 Å². The average molecular weight is 435 g/mol. The number of hydrogen-bond donors (Lipinski definition) is 2. The summed E-state index contributed by atoms with van der Waals surface area (Å²) in [6.07, 6.45) is 9.80. The summed E-state index contributed by atoms with van der Waals surface area (Å²) in [6.45, 7) is 2.42. The molecule has 0 radical (unpaired) electrons. The van der Waals surface area contributed by atoms with Crippen LogP contribution in [0.5, 0.6) is 0 Å². The zero-order valence-corrected chi connectivity index (χ0v) is 16.6. The highest BCUT2D eigenvalue weighted by atomic mass is 127. The van der Waals surface area contributed by atoms with Gasteiger partial charge >= 0.3 is 0 Å². The van der Waals surface area contributed by atoms with Crippen LogP contribution >= 0.6 is 24.0 Å². The van der Waals surface area contributed by atoms with Crippen molar-refractivity contribution in [1.82, 2.24) is 20.4 Å². The van der Waals surface area contributed by atoms with Gasteiger partial charge in [0, 0.05) is 33.4 Å². The standard InChI is InChI=1S/C16H29N5O.HI/c1-17-16(19-13-14-9-11-20-21(14)2)18-10-6-12-22-15-7-4-3-5-8-15;/h9,11,15H,3-8,10,12-13H2,1-2H3,(H2,17,18,19);1H. The molecule has 6 nitrogen and oxygen atoms in total. The van der Waals surface area contributed by atoms with Gasteiger partial charge < -0.3 is 15.4 Å². The molecule has 1 aliphatic rings. The lowest BCUT2D eigenvalue weighted by Gasteiger charge is -2.22. The molecule has 0 atom stereocenters. The molecule has 2 rings (SSSR count). The topological polar surface area (TPSA) is 63.5 Å². The first-order valence-electron chi connectivity index (χ1n) is 8.32. The molecule has 1 aromatic rings. The summed E-state index contributed by atoms with van der Waals surface area (Å²) in [5, 5.41) is 10.8. The fourth-order valence-corrected chi connectivity index (χ4v) is 2.73. The molecule has 132 valence electrons. The van der Waals surface area contributed by atoms with Crippen molar-refractivity contribution in [2.24, 2.45) is 12.0 Å². The largest absolute Gasteiger partial charge is 0.378 e. The molecule has 1 fully saturated rings. The van der Waals surface area contributed by atoms with E-state index >= 15 is 0 Å². The van der Waals surface area contributed by atoms with Crippen LogP contribution in [-0.2, 0) is 18.3 Å². The lowest BCUT2D eigenvalue weighted by molar-refractivity contribution is 0.0277. The van der Waals surface area contributed by atoms with E-state index in [2.05, 4.69) is 20.7 Å². The lowest BCUT2D eigenvalue weighted by Crippen LogP contribution is -2.38. The van der Waals surface area contributed by atoms with Crippen LogP contribution < -0.4 is 10.6 Å². The van der Waals surface area contributed by atoms with Gasteiger partial charge in [-0.1, -0.05) is 19.3 Å². The normalized spacial score (nSPS) is 16.0. The van der Waals surface area contributed by atoms with Gasteiger partial charge in [-0.2, -0.15) is 5.10 Å². The van der Waals surface area contributed by atoms with Crippen molar-refractivity contribution in [2.75, 3.05) is 20.2 Å². The summed E-state index contributed by atoms with van der Waals surface area (Å²) < 4.78 is 7.78. The molecular weight excluding hydrogens is 405 g/mol. The minimum atomic E-state index is 0. The first kappa shape index (κ1) is 20.2. The molecule has 1 saturated carbocycles. The molecule has 0 aromatic carbocycles. The maximum absolute atomic E-state index is 5.92. The summed E-state index contributed by atoms with van der Waals surface area (Å²) in [5.41, 5.74) is 1.13. The van der Waals surface area contributed by atoms with E-state index in [-0.39, 0.29) is 24.0 Å². The third-order valence-electron chi connectivity index (χ3n) is 4.10. The van der Waals surface area contributed by atoms with E-state index < -0.39 is 0 Å². The Morgan fingerprint density at radius 1 is 1.35 bits per heavy atom. The molecular formula is C16H30IN5O. The zero-order valence-electron chi connectivity index (χ0n) is 14.3. The molecule has 0 aliphatic heterocycles. The van der Waals surface area contributed by atoms with Gasteiger partial charge in [0.05, 0.1) is 18.3 Å². The maximum atomic E-state index is 5.92. The maximum Gasteiger partial charge on any atom is 0.191 e. The van der Waals surface area contributed by atoms with Crippen molar-refractivity contribution in [1.29, 1.82) is 0 Å². The molecule has 1 aliphatic carbocycles. The van der Waals surface area contributed by atoms with Crippen molar-refractivity contribution in [3.63, 3.8) is 0 Å². The van der Waals surface area contributed by atoms with Gasteiger partial charge in [0.2, 0.25) is 0 Å². The van der Waals surface area contributed by atoms with Crippen LogP contribution in [0, 0.1) is 0 Å². The van der Waals surface area contributed by atoms with Gasteiger partial charge in [-0.3, -0.25) is 9.67 Å². The molecule has 0 bridgehead atoms. The SMILES string of the molecule is CN=C(NCCCOC1CCCCC1)NCc1ccnn1C.I. The summed E-state index contributed by atoms with van der Waals surface area (Å²) >= 11 is 0. The van der Waals surface area contributed by atoms with E-state index in [9.17, 15) is 0 Å². The third-order valence-corrected chi connectivity index (χ3v) is 4.10. The second kappa shape index (κ2) is 11.7. The number of ether oxygens (including phenoxy) is 1. The molecule has 2 N–H and O–H groups in total. The van der Waals surface area contributed by atoms with Gasteiger partial charge in [0.1, 0.15) is 0 Å². The highest BCUT2D eigenvalue weighted by Gasteiger charge is 2.12. The third kappa shape index (κ3) is 7.52. The van der Waals surface area contributed by atoms with Crippen LogP contribution in [0.4, 0.5) is 0 Å². The van der Waals surface area contributed by atoms with E-state index in [4.69, 9.17) is 4.74 Å². The summed E-state index contributed by atoms with van der Waals surface area (Å²) in [4.78, 5) is 4.23. The van der Waals surface area contributed by atoms with E-state index in [0.717, 1.165) is 37.8 Å². The molecule has 0 amide bonds. The second-order valence-electron chi connectivity index (χ2n) is 5.78. The van der Waals surface area contributed by atoms with Gasteiger partial charge in [-0.15, -0.1) is 24.0 Å². The first-order valence-corrected chi connectivity index (χ1v) is 8.32. The van der Waals surface area contributed by atoms with Crippen molar-refractivity contribution < 1.29 is 4.74 Å². The Kier molecular flexibility index (Phi) is 10.3. The fourth-order valence-electron chi connectivity index (χ4n) is 2.73. The fraction of sp³-hybridized carbons (Fsp3) is 0.750. The van der Waals surface area contributed by atoms with Crippen LogP contribution in [0.25, 0.3) is 0 Å². The van der Waals surface area contributed by atoms with E-state index in [0.29, 0.717) is 6.10 Å². The van der Waals surface area contributed by atoms with Crippen LogP contribution in [0.2, 0.25) is 0 Å². The average Bonchev–Trinajstić information content (AvgIpc) is 2.96. The van der Waals surface area contributed by atoms with E-state index in [1.54, 1.807) is 13.2 Å². The van der Waals surface area contributed by atoms with Crippen LogP contribution in [0.3, 0.4) is 0 Å². The number of aryl methyl sites for hydroxylation is 1. The van der Waals surface area contributed by atoms with E-state index in [1.165, 1.54) is 32.1 Å². The monoisotopic (exact) mass is 435 g/mol. The highest BCUT2D eigenvalue weighted by molar-refractivity contribution is 14.0. The highest BCUT2D eigenvalue weighted by Crippen LogP contribution is 2.20. The minimum Gasteiger partial charge on any atom is -0.378 e. The van der Waals surface area contributed by atoms with Gasteiger partial charge in [0.15, 0.2) is 5.96 Å². The number of guanidine groups is 1. The first-order chi connectivity index (χ1) is 10.8. The second-order valence-corrected chi connectivity index (χ2v) is 5.78. The number of nitrogens with one attached hydrogen (secondary N) is 2. The van der Waals surface area contributed by atoms with Crippen LogP contribution in [-0.4, -0.2) is 42.0 Å². The number of aromatic nitrogens is 2. The number of aliphatic imine (C=N–C) groups is 1. The molecule has 0 spiro atoms. The summed E-state index contributed by atoms with van der Waals surface area (Å²) in [5.74, 6) is 0.818. The lowest BCUT2D eigenvalue weighted by atomic mass is 9.98. The predicted molar refractivity (Wildman–Crippen MR) is 104 cm³/mol. The number of nitrogens with zero attached hydrogens (tertiary/aromatic N) is 3. The Bertz CT molecular complexity index is 457. The Morgan fingerprint density at radius 2 is 2.13 bits per heavy atom. The number of halogens is 1. The van der Waals surface area contributed by atoms with Crippen molar-refractivity contribution in [3.05, 3.63) is 18.0 Å². The Labute approximate surface area is 156 Å². The van der Waals surface area contributed by atoms with Crippen LogP contribution in [0.1, 0.15) is 44.2 Å². The van der Waals surface area contributed by atoms with Gasteiger partial charge in [-0.25, -0.2) is 0 Å². The van der Waals surface area contributed by atoms with Crippen LogP contribution in [0.15, 0.2) is 17.3 Å². The Morgan fingerprint density at radius 3 is 2.78 bits per heavy atom. The Hall–Kier alpha value is -0.830. The predicted octanol–water partition coefficient (Wildman–Crippen LogP) is 2.44. The summed E-state index contributed by atoms with van der Waals surface area (Å²) in [7, 11) is 3.73. The van der Waals surface area contributed by atoms with Crippen molar-refractivity contribution >= 4 is 29.9 Å². The smallest absolute Gasteiger partial charge is 0.191 e. The van der Waals surface area contributed by atoms with Crippen molar-refractivity contribution in [2.45, 2.75) is 51.2 Å². The quantitative estimate of drug-likeness (QED) is 0.299. The zero-order chi connectivity index (χ0) is 15.6. The van der Waals surface area contributed by atoms with E-state index in [1.807, 2.05) is 17.8 Å². The molecule has 1 heterocycles. The molecule has 0 unspecified atom stereocenters. The van der Waals surface area contributed by atoms with Gasteiger partial charge in [0.25, 0.3) is 0 Å². The molecule has 1 aromatic heterocycles. The minimum absolute atomic E-state index is 0. The number of rotatable bonds is 7. The van der Waals surface area contributed by atoms with Gasteiger partial charge in [-0.05, 0) is 25.3 Å². The molecule has 0 saturated heterocycles. The molecule has 23 heavy (non-hydrogen) atoms. The number of hydrogen-bond acceptors (Lipinski definition) is 3.